The van der Waals surface area contributed by atoms with Crippen molar-refractivity contribution in [2.75, 3.05) is 11.9 Å². The van der Waals surface area contributed by atoms with Crippen molar-refractivity contribution in [2.45, 2.75) is 71.2 Å². The lowest BCUT2D eigenvalue weighted by atomic mass is 9.94. The highest BCUT2D eigenvalue weighted by Gasteiger charge is 2.32. The summed E-state index contributed by atoms with van der Waals surface area (Å²) < 4.78 is 24.4. The lowest BCUT2D eigenvalue weighted by Crippen LogP contribution is -2.33. The number of carbonyl (C=O) groups excluding carboxylic acids is 1. The molecule has 0 saturated heterocycles. The largest absolute Gasteiger partial charge is 0.476 e. The molecule has 2 aromatic rings. The van der Waals surface area contributed by atoms with Crippen molar-refractivity contribution >= 4 is 21.6 Å². The first-order valence-electron chi connectivity index (χ1n) is 10.6. The summed E-state index contributed by atoms with van der Waals surface area (Å²) in [5, 5.41) is 13.1. The maximum Gasteiger partial charge on any atom is 0.354 e. The smallest absolute Gasteiger partial charge is 0.354 e. The number of nitrogens with one attached hydrogen (secondary N) is 1. The number of amides is 2. The summed E-state index contributed by atoms with van der Waals surface area (Å²) in [5.41, 5.74) is 4.52. The highest BCUT2D eigenvalue weighted by Crippen LogP contribution is 2.35. The summed E-state index contributed by atoms with van der Waals surface area (Å²) in [7, 11) is -3.53. The molecule has 9 nitrogen and oxygen atoms in total. The molecule has 0 radical (unpaired) electrons. The Labute approximate surface area is 183 Å². The number of carbonyl (C=O) groups is 1. The molecular weight excluding hydrogens is 416 g/mol. The standard InChI is InChI=1S/C21H30N6O3S/c1-12(2)17-13(3)18(14-7-6-8-15(14)24-17)25-20(28)26-31(22,29)16-9-23-27-10-21(4,5)11-30-19(16)27/h9,12H,6-8,10-11H2,1-5H3,(H3,22,24,25,26,28,29). The van der Waals surface area contributed by atoms with Crippen molar-refractivity contribution in [3.63, 3.8) is 0 Å². The van der Waals surface area contributed by atoms with Gasteiger partial charge in [-0.15, -0.1) is 4.36 Å². The minimum Gasteiger partial charge on any atom is -0.476 e. The third kappa shape index (κ3) is 4.06. The van der Waals surface area contributed by atoms with Gasteiger partial charge in [-0.2, -0.15) is 5.10 Å². The Bertz CT molecular complexity index is 1170. The minimum atomic E-state index is -3.53. The number of ether oxygens (including phenoxy) is 1. The molecule has 1 aliphatic heterocycles. The van der Waals surface area contributed by atoms with Gasteiger partial charge in [0.25, 0.3) is 0 Å². The zero-order valence-corrected chi connectivity index (χ0v) is 19.5. The highest BCUT2D eigenvalue weighted by atomic mass is 32.2. The number of aryl methyl sites for hydroxylation is 1. The third-order valence-corrected chi connectivity index (χ3v) is 7.10. The summed E-state index contributed by atoms with van der Waals surface area (Å²) >= 11 is 0. The first kappa shape index (κ1) is 21.8. The lowest BCUT2D eigenvalue weighted by Gasteiger charge is -2.30. The zero-order valence-electron chi connectivity index (χ0n) is 18.7. The molecule has 2 aliphatic rings. The molecule has 3 heterocycles. The minimum absolute atomic E-state index is 0.104. The summed E-state index contributed by atoms with van der Waals surface area (Å²) in [4.78, 5) is 17.7. The van der Waals surface area contributed by atoms with E-state index in [-0.39, 0.29) is 16.2 Å². The van der Waals surface area contributed by atoms with Gasteiger partial charge < -0.3 is 10.1 Å². The molecule has 10 heteroatoms. The number of nitrogens with zero attached hydrogens (tertiary/aromatic N) is 4. The second kappa shape index (κ2) is 7.59. The zero-order chi connectivity index (χ0) is 22.6. The quantitative estimate of drug-likeness (QED) is 0.746. The van der Waals surface area contributed by atoms with Crippen LogP contribution in [0, 0.1) is 12.3 Å². The Morgan fingerprint density at radius 1 is 1.39 bits per heavy atom. The number of hydrogen-bond donors (Lipinski definition) is 2. The van der Waals surface area contributed by atoms with Crippen molar-refractivity contribution in [1.29, 1.82) is 0 Å². The van der Waals surface area contributed by atoms with Crippen LogP contribution in [0.1, 0.15) is 62.5 Å². The number of rotatable bonds is 3. The Kier molecular flexibility index (Phi) is 5.33. The topological polar surface area (TPSA) is 124 Å². The van der Waals surface area contributed by atoms with E-state index in [1.165, 1.54) is 6.20 Å². The fourth-order valence-corrected chi connectivity index (χ4v) is 5.27. The Morgan fingerprint density at radius 2 is 2.13 bits per heavy atom. The first-order valence-corrected chi connectivity index (χ1v) is 12.1. The van der Waals surface area contributed by atoms with Gasteiger partial charge in [0.2, 0.25) is 5.88 Å². The van der Waals surface area contributed by atoms with Crippen LogP contribution in [-0.4, -0.2) is 31.6 Å². The van der Waals surface area contributed by atoms with Crippen LogP contribution in [0.4, 0.5) is 10.5 Å². The van der Waals surface area contributed by atoms with E-state index >= 15 is 0 Å². The number of nitrogens with two attached hydrogens (primary N) is 1. The molecule has 0 saturated carbocycles. The number of pyridine rings is 1. The number of hydrogen-bond acceptors (Lipinski definition) is 5. The molecule has 4 rings (SSSR count). The maximum absolute atomic E-state index is 13.2. The van der Waals surface area contributed by atoms with Crippen molar-refractivity contribution in [3.05, 3.63) is 28.7 Å². The van der Waals surface area contributed by atoms with Crippen molar-refractivity contribution in [3.8, 4) is 5.88 Å². The molecule has 0 aromatic carbocycles. The van der Waals surface area contributed by atoms with Gasteiger partial charge in [0.1, 0.15) is 4.90 Å². The average Bonchev–Trinajstić information content (AvgIpc) is 3.28. The second-order valence-corrected chi connectivity index (χ2v) is 11.2. The predicted octanol–water partition coefficient (Wildman–Crippen LogP) is 3.55. The third-order valence-electron chi connectivity index (χ3n) is 5.75. The second-order valence-electron chi connectivity index (χ2n) is 9.45. The molecule has 1 aliphatic carbocycles. The van der Waals surface area contributed by atoms with Crippen LogP contribution >= 0.6 is 0 Å². The molecule has 2 aromatic heterocycles. The molecule has 0 spiro atoms. The van der Waals surface area contributed by atoms with Crippen molar-refractivity contribution in [2.24, 2.45) is 14.9 Å². The van der Waals surface area contributed by atoms with Crippen LogP contribution in [0.25, 0.3) is 0 Å². The van der Waals surface area contributed by atoms with Gasteiger partial charge in [0.15, 0.2) is 9.92 Å². The normalized spacial score (nSPS) is 18.7. The van der Waals surface area contributed by atoms with E-state index in [1.807, 2.05) is 6.92 Å². The van der Waals surface area contributed by atoms with E-state index in [1.54, 1.807) is 4.68 Å². The van der Waals surface area contributed by atoms with Crippen LogP contribution in [-0.2, 0) is 29.3 Å². The number of aromatic nitrogens is 3. The van der Waals surface area contributed by atoms with Gasteiger partial charge in [0, 0.05) is 16.8 Å². The molecule has 0 fully saturated rings. The van der Waals surface area contributed by atoms with Crippen LogP contribution < -0.4 is 15.2 Å². The maximum atomic E-state index is 13.2. The molecule has 1 unspecified atom stereocenters. The number of anilines is 1. The molecule has 1 atom stereocenters. The van der Waals surface area contributed by atoms with Crippen molar-refractivity contribution < 1.29 is 13.7 Å². The SMILES string of the molecule is Cc1c(C(C)C)nc2c(c1NC(=O)N=S(N)(=O)c1cnn3c1OCC(C)(C)C3)CCC2. The molecule has 3 N–H and O–H groups in total. The van der Waals surface area contributed by atoms with Crippen LogP contribution in [0.3, 0.4) is 0 Å². The van der Waals surface area contributed by atoms with Gasteiger partial charge in [0.05, 0.1) is 25.0 Å². The van der Waals surface area contributed by atoms with Crippen molar-refractivity contribution in [1.82, 2.24) is 14.8 Å². The van der Waals surface area contributed by atoms with Gasteiger partial charge >= 0.3 is 6.03 Å². The molecular formula is C21H30N6O3S. The van der Waals surface area contributed by atoms with Gasteiger partial charge in [-0.05, 0) is 43.2 Å². The summed E-state index contributed by atoms with van der Waals surface area (Å²) in [6, 6.07) is -0.748. The Balaban J connectivity index is 1.67. The average molecular weight is 447 g/mol. The molecule has 31 heavy (non-hydrogen) atoms. The van der Waals surface area contributed by atoms with Gasteiger partial charge in [-0.1, -0.05) is 27.7 Å². The summed E-state index contributed by atoms with van der Waals surface area (Å²) in [5.74, 6) is 0.531. The molecule has 168 valence electrons. The summed E-state index contributed by atoms with van der Waals surface area (Å²) in [6.45, 7) is 11.2. The fraction of sp³-hybridized carbons (Fsp3) is 0.571. The van der Waals surface area contributed by atoms with E-state index in [9.17, 15) is 9.00 Å². The van der Waals surface area contributed by atoms with E-state index in [2.05, 4.69) is 42.5 Å². The van der Waals surface area contributed by atoms with E-state index < -0.39 is 15.9 Å². The van der Waals surface area contributed by atoms with Gasteiger partial charge in [-0.25, -0.2) is 18.8 Å². The van der Waals surface area contributed by atoms with E-state index in [4.69, 9.17) is 14.9 Å². The summed E-state index contributed by atoms with van der Waals surface area (Å²) in [6.07, 6.45) is 4.10. The van der Waals surface area contributed by atoms with Crippen LogP contribution in [0.5, 0.6) is 5.88 Å². The Hall–Kier alpha value is -2.46. The predicted molar refractivity (Wildman–Crippen MR) is 119 cm³/mol. The fourth-order valence-electron chi connectivity index (χ4n) is 4.27. The molecule has 0 bridgehead atoms. The van der Waals surface area contributed by atoms with Crippen LogP contribution in [0.2, 0.25) is 0 Å². The monoisotopic (exact) mass is 446 g/mol. The highest BCUT2D eigenvalue weighted by molar-refractivity contribution is 7.91. The van der Waals surface area contributed by atoms with E-state index in [0.29, 0.717) is 24.7 Å². The number of fused-ring (bicyclic) bond motifs is 2. The number of urea groups is 1. The first-order chi connectivity index (χ1) is 14.5. The van der Waals surface area contributed by atoms with E-state index in [0.717, 1.165) is 41.8 Å². The molecule has 2 amide bonds. The van der Waals surface area contributed by atoms with Crippen LogP contribution in [0.15, 0.2) is 15.5 Å². The Morgan fingerprint density at radius 3 is 2.84 bits per heavy atom. The lowest BCUT2D eigenvalue weighted by molar-refractivity contribution is 0.0972. The van der Waals surface area contributed by atoms with Gasteiger partial charge in [-0.3, -0.25) is 4.98 Å².